The first-order valence-electron chi connectivity index (χ1n) is 6.31. The van der Waals surface area contributed by atoms with E-state index in [0.717, 1.165) is 11.0 Å². The number of benzene rings is 1. The molecule has 0 bridgehead atoms. The maximum absolute atomic E-state index is 13.9. The number of halogens is 2. The average molecular weight is 299 g/mol. The third kappa shape index (κ3) is 2.69. The van der Waals surface area contributed by atoms with Crippen molar-refractivity contribution in [1.29, 1.82) is 0 Å². The molecule has 0 spiro atoms. The number of hydrogen-bond acceptors (Lipinski definition) is 3. The zero-order valence-corrected chi connectivity index (χ0v) is 12.3. The Hall–Kier alpha value is -1.46. The zero-order chi connectivity index (χ0) is 15.1. The van der Waals surface area contributed by atoms with Crippen LogP contribution in [0, 0.1) is 5.82 Å². The number of Topliss-reactive ketones (excluding diaryl/α,β-unsaturated/α-hetero) is 1. The number of carbonyl (C=O) groups is 2. The second-order valence-corrected chi connectivity index (χ2v) is 6.12. The lowest BCUT2D eigenvalue weighted by atomic mass is 10.1. The molecule has 1 aliphatic heterocycles. The van der Waals surface area contributed by atoms with E-state index in [1.54, 1.807) is 0 Å². The van der Waals surface area contributed by atoms with Crippen LogP contribution in [0.15, 0.2) is 12.1 Å². The summed E-state index contributed by atoms with van der Waals surface area (Å²) >= 11 is 5.89. The largest absolute Gasteiger partial charge is 0.310 e. The van der Waals surface area contributed by atoms with Crippen molar-refractivity contribution in [3.8, 4) is 0 Å². The molecule has 0 aliphatic carbocycles. The first-order valence-corrected chi connectivity index (χ1v) is 6.69. The van der Waals surface area contributed by atoms with Crippen molar-refractivity contribution < 1.29 is 14.0 Å². The summed E-state index contributed by atoms with van der Waals surface area (Å²) in [5.41, 5.74) is -0.168. The molecule has 0 fully saturated rings. The molecule has 0 aromatic heterocycles. The third-order valence-corrected chi connectivity index (χ3v) is 3.32. The average Bonchev–Trinajstić information content (AvgIpc) is 2.58. The summed E-state index contributed by atoms with van der Waals surface area (Å²) in [7, 11) is 0. The van der Waals surface area contributed by atoms with Crippen LogP contribution in [0.1, 0.15) is 31.1 Å². The second-order valence-electron chi connectivity index (χ2n) is 5.72. The highest BCUT2D eigenvalue weighted by atomic mass is 35.5. The summed E-state index contributed by atoms with van der Waals surface area (Å²) < 4.78 is 13.9. The summed E-state index contributed by atoms with van der Waals surface area (Å²) in [6, 6.07) is 2.45. The van der Waals surface area contributed by atoms with Gasteiger partial charge in [0.25, 0.3) is 11.7 Å². The standard InChI is InChI=1S/C14H16ClFN2O2/c1-14(2,3)17-6-7-18-11-9(16)5-4-8(15)10(11)12(19)13(18)20/h4-5,17H,6-7H2,1-3H3. The van der Waals surface area contributed by atoms with E-state index in [2.05, 4.69) is 5.32 Å². The topological polar surface area (TPSA) is 49.4 Å². The van der Waals surface area contributed by atoms with Crippen LogP contribution < -0.4 is 10.2 Å². The minimum atomic E-state index is -0.750. The molecule has 0 saturated heterocycles. The Balaban J connectivity index is 2.27. The quantitative estimate of drug-likeness (QED) is 0.872. The lowest BCUT2D eigenvalue weighted by molar-refractivity contribution is -0.114. The van der Waals surface area contributed by atoms with E-state index in [1.165, 1.54) is 6.07 Å². The van der Waals surface area contributed by atoms with Gasteiger partial charge < -0.3 is 10.2 Å². The number of rotatable bonds is 3. The molecule has 108 valence electrons. The highest BCUT2D eigenvalue weighted by Gasteiger charge is 2.39. The first-order chi connectivity index (χ1) is 9.22. The molecule has 20 heavy (non-hydrogen) atoms. The maximum atomic E-state index is 13.9. The van der Waals surface area contributed by atoms with E-state index in [-0.39, 0.29) is 28.4 Å². The fraction of sp³-hybridized carbons (Fsp3) is 0.429. The molecular weight excluding hydrogens is 283 g/mol. The van der Waals surface area contributed by atoms with Crippen molar-refractivity contribution in [2.24, 2.45) is 0 Å². The molecule has 2 rings (SSSR count). The lowest BCUT2D eigenvalue weighted by Gasteiger charge is -2.23. The van der Waals surface area contributed by atoms with Crippen LogP contribution in [0.4, 0.5) is 10.1 Å². The summed E-state index contributed by atoms with van der Waals surface area (Å²) in [6.45, 7) is 6.61. The van der Waals surface area contributed by atoms with E-state index >= 15 is 0 Å². The molecule has 1 N–H and O–H groups in total. The molecule has 1 heterocycles. The van der Waals surface area contributed by atoms with E-state index in [1.807, 2.05) is 20.8 Å². The predicted molar refractivity (Wildman–Crippen MR) is 75.8 cm³/mol. The van der Waals surface area contributed by atoms with Gasteiger partial charge in [0.05, 0.1) is 16.3 Å². The van der Waals surface area contributed by atoms with Crippen molar-refractivity contribution in [2.75, 3.05) is 18.0 Å². The van der Waals surface area contributed by atoms with Crippen LogP contribution in [0.25, 0.3) is 0 Å². The van der Waals surface area contributed by atoms with Crippen molar-refractivity contribution in [2.45, 2.75) is 26.3 Å². The molecule has 0 radical (unpaired) electrons. The Morgan fingerprint density at radius 2 is 1.95 bits per heavy atom. The molecule has 4 nitrogen and oxygen atoms in total. The van der Waals surface area contributed by atoms with Gasteiger partial charge in [0, 0.05) is 18.6 Å². The van der Waals surface area contributed by atoms with Gasteiger partial charge in [-0.25, -0.2) is 4.39 Å². The van der Waals surface area contributed by atoms with E-state index in [0.29, 0.717) is 6.54 Å². The van der Waals surface area contributed by atoms with Crippen molar-refractivity contribution in [3.63, 3.8) is 0 Å². The summed E-state index contributed by atoms with van der Waals surface area (Å²) in [5, 5.41) is 3.29. The van der Waals surface area contributed by atoms with Gasteiger partial charge in [0.15, 0.2) is 0 Å². The molecule has 0 unspecified atom stereocenters. The molecule has 0 atom stereocenters. The Morgan fingerprint density at radius 1 is 1.30 bits per heavy atom. The number of carbonyl (C=O) groups excluding carboxylic acids is 2. The van der Waals surface area contributed by atoms with Gasteiger partial charge in [-0.15, -0.1) is 0 Å². The van der Waals surface area contributed by atoms with Gasteiger partial charge in [0.2, 0.25) is 0 Å². The molecule has 1 amide bonds. The van der Waals surface area contributed by atoms with Crippen LogP contribution >= 0.6 is 11.6 Å². The highest BCUT2D eigenvalue weighted by molar-refractivity contribution is 6.55. The first kappa shape index (κ1) is 14.9. The minimum Gasteiger partial charge on any atom is -0.310 e. The van der Waals surface area contributed by atoms with Crippen LogP contribution in [0.3, 0.4) is 0 Å². The Morgan fingerprint density at radius 3 is 2.55 bits per heavy atom. The molecule has 0 saturated carbocycles. The number of nitrogens with one attached hydrogen (secondary N) is 1. The second kappa shape index (κ2) is 5.14. The summed E-state index contributed by atoms with van der Waals surface area (Å²) in [4.78, 5) is 25.0. The summed E-state index contributed by atoms with van der Waals surface area (Å²) in [6.07, 6.45) is 0. The van der Waals surface area contributed by atoms with Gasteiger partial charge in [-0.1, -0.05) is 11.6 Å². The Bertz CT molecular complexity index is 581. The van der Waals surface area contributed by atoms with Crippen molar-refractivity contribution in [1.82, 2.24) is 5.32 Å². The van der Waals surface area contributed by atoms with Gasteiger partial charge in [-0.3, -0.25) is 9.59 Å². The number of fused-ring (bicyclic) bond motifs is 1. The monoisotopic (exact) mass is 298 g/mol. The van der Waals surface area contributed by atoms with Gasteiger partial charge >= 0.3 is 0 Å². The third-order valence-electron chi connectivity index (χ3n) is 3.00. The van der Waals surface area contributed by atoms with E-state index in [4.69, 9.17) is 11.6 Å². The van der Waals surface area contributed by atoms with Crippen LogP contribution in [-0.2, 0) is 4.79 Å². The maximum Gasteiger partial charge on any atom is 0.299 e. The fourth-order valence-electron chi connectivity index (χ4n) is 2.11. The Kier molecular flexibility index (Phi) is 3.84. The molecule has 1 aromatic carbocycles. The normalized spacial score (nSPS) is 14.9. The predicted octanol–water partition coefficient (Wildman–Crippen LogP) is 2.40. The van der Waals surface area contributed by atoms with Gasteiger partial charge in [-0.05, 0) is 32.9 Å². The Labute approximate surface area is 121 Å². The van der Waals surface area contributed by atoms with Crippen LogP contribution in [-0.4, -0.2) is 30.3 Å². The molecule has 1 aromatic rings. The fourth-order valence-corrected chi connectivity index (χ4v) is 2.35. The van der Waals surface area contributed by atoms with Crippen LogP contribution in [0.5, 0.6) is 0 Å². The molecule has 6 heteroatoms. The van der Waals surface area contributed by atoms with E-state index < -0.39 is 17.5 Å². The minimum absolute atomic E-state index is 0.0109. The zero-order valence-electron chi connectivity index (χ0n) is 11.6. The van der Waals surface area contributed by atoms with Gasteiger partial charge in [-0.2, -0.15) is 0 Å². The smallest absolute Gasteiger partial charge is 0.299 e. The summed E-state index contributed by atoms with van der Waals surface area (Å²) in [5.74, 6) is -2.10. The number of hydrogen-bond donors (Lipinski definition) is 1. The highest BCUT2D eigenvalue weighted by Crippen LogP contribution is 2.36. The number of anilines is 1. The number of ketones is 1. The van der Waals surface area contributed by atoms with Gasteiger partial charge in [0.1, 0.15) is 5.82 Å². The number of nitrogens with zero attached hydrogens (tertiary/aromatic N) is 1. The number of amides is 1. The molecule has 1 aliphatic rings. The van der Waals surface area contributed by atoms with Crippen molar-refractivity contribution >= 4 is 29.0 Å². The SMILES string of the molecule is CC(C)(C)NCCN1C(=O)C(=O)c2c(Cl)ccc(F)c21. The van der Waals surface area contributed by atoms with E-state index in [9.17, 15) is 14.0 Å². The van der Waals surface area contributed by atoms with Crippen LogP contribution in [0.2, 0.25) is 5.02 Å². The van der Waals surface area contributed by atoms with Crippen molar-refractivity contribution in [3.05, 3.63) is 28.5 Å². The lowest BCUT2D eigenvalue weighted by Crippen LogP contribution is -2.43. The molecular formula is C14H16ClFN2O2.